The van der Waals surface area contributed by atoms with Gasteiger partial charge in [0.15, 0.2) is 0 Å². The summed E-state index contributed by atoms with van der Waals surface area (Å²) in [5, 5.41) is 16.4. The number of piperidine rings is 1. The van der Waals surface area contributed by atoms with E-state index in [1.807, 2.05) is 6.07 Å². The van der Waals surface area contributed by atoms with E-state index in [2.05, 4.69) is 16.7 Å². The van der Waals surface area contributed by atoms with Crippen molar-refractivity contribution in [3.8, 4) is 6.07 Å². The molecule has 0 bridgehead atoms. The number of nitrogens with zero attached hydrogens (tertiary/aromatic N) is 1. The summed E-state index contributed by atoms with van der Waals surface area (Å²) in [6.45, 7) is 3.06. The zero-order valence-electron chi connectivity index (χ0n) is 9.67. The van der Waals surface area contributed by atoms with Crippen molar-refractivity contribution < 1.29 is 0 Å². The minimum atomic E-state index is 0.634. The molecule has 0 amide bonds. The van der Waals surface area contributed by atoms with Gasteiger partial charge in [-0.1, -0.05) is 11.6 Å². The Hall–Kier alpha value is -1.24. The molecular formula is C13H16ClN3. The maximum Gasteiger partial charge on any atom is 0.101 e. The Morgan fingerprint density at radius 3 is 3.12 bits per heavy atom. The van der Waals surface area contributed by atoms with Crippen LogP contribution in [0.1, 0.15) is 18.4 Å². The van der Waals surface area contributed by atoms with E-state index in [0.29, 0.717) is 16.5 Å². The van der Waals surface area contributed by atoms with E-state index < -0.39 is 0 Å². The van der Waals surface area contributed by atoms with Crippen LogP contribution in [0, 0.1) is 17.2 Å². The van der Waals surface area contributed by atoms with Gasteiger partial charge in [-0.2, -0.15) is 5.26 Å². The first kappa shape index (κ1) is 12.2. The highest BCUT2D eigenvalue weighted by Crippen LogP contribution is 2.21. The molecule has 4 heteroatoms. The highest BCUT2D eigenvalue weighted by Gasteiger charge is 2.13. The number of rotatable bonds is 3. The molecule has 1 fully saturated rings. The van der Waals surface area contributed by atoms with Crippen molar-refractivity contribution in [2.45, 2.75) is 12.8 Å². The predicted molar refractivity (Wildman–Crippen MR) is 70.3 cm³/mol. The zero-order valence-corrected chi connectivity index (χ0v) is 10.4. The van der Waals surface area contributed by atoms with Crippen molar-refractivity contribution in [1.29, 1.82) is 5.26 Å². The van der Waals surface area contributed by atoms with E-state index in [4.69, 9.17) is 16.9 Å². The van der Waals surface area contributed by atoms with Gasteiger partial charge in [0.05, 0.1) is 11.3 Å². The van der Waals surface area contributed by atoms with Crippen LogP contribution in [-0.2, 0) is 0 Å². The van der Waals surface area contributed by atoms with Gasteiger partial charge in [-0.3, -0.25) is 0 Å². The lowest BCUT2D eigenvalue weighted by Crippen LogP contribution is -2.33. The van der Waals surface area contributed by atoms with Gasteiger partial charge in [-0.15, -0.1) is 0 Å². The van der Waals surface area contributed by atoms with Crippen LogP contribution < -0.4 is 10.6 Å². The molecule has 1 aliphatic heterocycles. The third-order valence-electron chi connectivity index (χ3n) is 3.08. The zero-order chi connectivity index (χ0) is 12.1. The lowest BCUT2D eigenvalue weighted by Gasteiger charge is -2.23. The van der Waals surface area contributed by atoms with Crippen LogP contribution >= 0.6 is 11.6 Å². The molecular weight excluding hydrogens is 234 g/mol. The Bertz CT molecular complexity index is 419. The summed E-state index contributed by atoms with van der Waals surface area (Å²) >= 11 is 5.93. The number of hydrogen-bond acceptors (Lipinski definition) is 3. The van der Waals surface area contributed by atoms with Gasteiger partial charge < -0.3 is 10.6 Å². The summed E-state index contributed by atoms with van der Waals surface area (Å²) < 4.78 is 0. The monoisotopic (exact) mass is 249 g/mol. The van der Waals surface area contributed by atoms with Gasteiger partial charge in [0.25, 0.3) is 0 Å². The Balaban J connectivity index is 1.98. The van der Waals surface area contributed by atoms with Gasteiger partial charge in [0.1, 0.15) is 6.07 Å². The molecule has 0 aromatic heterocycles. The number of halogens is 1. The van der Waals surface area contributed by atoms with Crippen LogP contribution in [0.5, 0.6) is 0 Å². The molecule has 1 aromatic carbocycles. The highest BCUT2D eigenvalue weighted by atomic mass is 35.5. The fourth-order valence-electron chi connectivity index (χ4n) is 2.11. The smallest absolute Gasteiger partial charge is 0.101 e. The van der Waals surface area contributed by atoms with Crippen LogP contribution in [0.2, 0.25) is 5.02 Å². The molecule has 1 aliphatic rings. The molecule has 0 radical (unpaired) electrons. The maximum absolute atomic E-state index is 9.00. The summed E-state index contributed by atoms with van der Waals surface area (Å²) in [6.07, 6.45) is 2.47. The molecule has 17 heavy (non-hydrogen) atoms. The van der Waals surface area contributed by atoms with Gasteiger partial charge in [0.2, 0.25) is 0 Å². The third-order valence-corrected chi connectivity index (χ3v) is 3.32. The van der Waals surface area contributed by atoms with Gasteiger partial charge >= 0.3 is 0 Å². The van der Waals surface area contributed by atoms with Crippen LogP contribution in [0.25, 0.3) is 0 Å². The Kier molecular flexibility index (Phi) is 4.24. The van der Waals surface area contributed by atoms with Crippen molar-refractivity contribution in [3.63, 3.8) is 0 Å². The summed E-state index contributed by atoms with van der Waals surface area (Å²) in [5.41, 5.74) is 1.49. The standard InChI is InChI=1S/C13H16ClN3/c14-12-4-3-11(7-15)13(6-12)17-9-10-2-1-5-16-8-10/h3-4,6,10,16-17H,1-2,5,8-9H2. The molecule has 1 aromatic rings. The Morgan fingerprint density at radius 2 is 2.41 bits per heavy atom. The molecule has 1 atom stereocenters. The molecule has 3 nitrogen and oxygen atoms in total. The van der Waals surface area contributed by atoms with E-state index in [1.54, 1.807) is 12.1 Å². The van der Waals surface area contributed by atoms with Crippen molar-refractivity contribution in [1.82, 2.24) is 5.32 Å². The Labute approximate surface area is 107 Å². The van der Waals surface area contributed by atoms with Crippen LogP contribution in [0.3, 0.4) is 0 Å². The molecule has 1 heterocycles. The summed E-state index contributed by atoms with van der Waals surface area (Å²) in [5.74, 6) is 0.634. The minimum Gasteiger partial charge on any atom is -0.384 e. The third kappa shape index (κ3) is 3.36. The van der Waals surface area contributed by atoms with Gasteiger partial charge in [-0.05, 0) is 50.0 Å². The molecule has 90 valence electrons. The molecule has 0 spiro atoms. The molecule has 0 saturated carbocycles. The number of nitriles is 1. The number of benzene rings is 1. The van der Waals surface area contributed by atoms with Crippen molar-refractivity contribution in [2.75, 3.05) is 25.0 Å². The summed E-state index contributed by atoms with van der Waals surface area (Å²) in [7, 11) is 0. The number of hydrogen-bond donors (Lipinski definition) is 2. The van der Waals surface area contributed by atoms with E-state index >= 15 is 0 Å². The fourth-order valence-corrected chi connectivity index (χ4v) is 2.28. The van der Waals surface area contributed by atoms with Crippen LogP contribution in [-0.4, -0.2) is 19.6 Å². The van der Waals surface area contributed by atoms with Crippen LogP contribution in [0.15, 0.2) is 18.2 Å². The van der Waals surface area contributed by atoms with Gasteiger partial charge in [-0.25, -0.2) is 0 Å². The second-order valence-corrected chi connectivity index (χ2v) is 4.83. The first-order valence-corrected chi connectivity index (χ1v) is 6.31. The quantitative estimate of drug-likeness (QED) is 0.866. The lowest BCUT2D eigenvalue weighted by atomic mass is 9.99. The van der Waals surface area contributed by atoms with Crippen molar-refractivity contribution in [3.05, 3.63) is 28.8 Å². The van der Waals surface area contributed by atoms with E-state index in [1.165, 1.54) is 12.8 Å². The van der Waals surface area contributed by atoms with Crippen molar-refractivity contribution >= 4 is 17.3 Å². The average Bonchev–Trinajstić information content (AvgIpc) is 2.38. The first-order chi connectivity index (χ1) is 8.29. The second kappa shape index (κ2) is 5.90. The van der Waals surface area contributed by atoms with Gasteiger partial charge in [0, 0.05) is 11.6 Å². The Morgan fingerprint density at radius 1 is 1.53 bits per heavy atom. The SMILES string of the molecule is N#Cc1ccc(Cl)cc1NCC1CCCNC1. The second-order valence-electron chi connectivity index (χ2n) is 4.39. The summed E-state index contributed by atoms with van der Waals surface area (Å²) in [6, 6.07) is 7.49. The largest absolute Gasteiger partial charge is 0.384 e. The molecule has 2 N–H and O–H groups in total. The maximum atomic E-state index is 9.00. The summed E-state index contributed by atoms with van der Waals surface area (Å²) in [4.78, 5) is 0. The topological polar surface area (TPSA) is 47.9 Å². The molecule has 1 saturated heterocycles. The normalized spacial score (nSPS) is 19.6. The predicted octanol–water partition coefficient (Wildman–Crippen LogP) is 2.62. The first-order valence-electron chi connectivity index (χ1n) is 5.94. The fraction of sp³-hybridized carbons (Fsp3) is 0.462. The average molecular weight is 250 g/mol. The van der Waals surface area contributed by atoms with E-state index in [9.17, 15) is 0 Å². The molecule has 1 unspecified atom stereocenters. The number of anilines is 1. The lowest BCUT2D eigenvalue weighted by molar-refractivity contribution is 0.393. The highest BCUT2D eigenvalue weighted by molar-refractivity contribution is 6.30. The van der Waals surface area contributed by atoms with Crippen LogP contribution in [0.4, 0.5) is 5.69 Å². The molecule has 0 aliphatic carbocycles. The van der Waals surface area contributed by atoms with E-state index in [-0.39, 0.29) is 0 Å². The minimum absolute atomic E-state index is 0.634. The molecule has 2 rings (SSSR count). The number of nitrogens with one attached hydrogen (secondary N) is 2. The van der Waals surface area contributed by atoms with Crippen molar-refractivity contribution in [2.24, 2.45) is 5.92 Å². The van der Waals surface area contributed by atoms with E-state index in [0.717, 1.165) is 25.3 Å².